The van der Waals surface area contributed by atoms with Crippen molar-refractivity contribution >= 4 is 56.5 Å². The first kappa shape index (κ1) is 21.3. The number of hydrogen-bond acceptors (Lipinski definition) is 5. The number of sulfonamides is 1. The van der Waals surface area contributed by atoms with E-state index in [4.69, 9.17) is 16.3 Å². The highest BCUT2D eigenvalue weighted by Gasteiger charge is 2.31. The van der Waals surface area contributed by atoms with E-state index in [0.29, 0.717) is 50.8 Å². The maximum atomic E-state index is 13.1. The molecule has 2 aromatic carbocycles. The second-order valence-electron chi connectivity index (χ2n) is 7.72. The van der Waals surface area contributed by atoms with Crippen LogP contribution in [0.4, 0.5) is 11.4 Å². The van der Waals surface area contributed by atoms with Crippen LogP contribution in [0.25, 0.3) is 11.6 Å². The zero-order chi connectivity index (χ0) is 23.3. The Bertz CT molecular complexity index is 1470. The van der Waals surface area contributed by atoms with Crippen LogP contribution < -0.4 is 10.0 Å². The molecule has 0 aliphatic carbocycles. The van der Waals surface area contributed by atoms with Gasteiger partial charge in [-0.15, -0.1) is 0 Å². The SMILES string of the molecule is Cc1c(S(=O)(=O)Nc2cccc(Cl)c2)ccc2c1/C(=C/c1[nH]cc3c1CCOC3=O)C(=O)N2. The van der Waals surface area contributed by atoms with Crippen LogP contribution in [0.3, 0.4) is 0 Å². The van der Waals surface area contributed by atoms with Crippen molar-refractivity contribution in [1.29, 1.82) is 0 Å². The van der Waals surface area contributed by atoms with E-state index in [0.717, 1.165) is 5.56 Å². The molecule has 0 bridgehead atoms. The molecule has 0 spiro atoms. The molecule has 0 unspecified atom stereocenters. The smallest absolute Gasteiger partial charge is 0.339 e. The summed E-state index contributed by atoms with van der Waals surface area (Å²) in [6.45, 7) is 1.92. The van der Waals surface area contributed by atoms with Crippen LogP contribution >= 0.6 is 11.6 Å². The highest BCUT2D eigenvalue weighted by Crippen LogP contribution is 2.39. The lowest BCUT2D eigenvalue weighted by atomic mass is 9.98. The van der Waals surface area contributed by atoms with Gasteiger partial charge in [0, 0.05) is 34.6 Å². The molecule has 0 saturated carbocycles. The quantitative estimate of drug-likeness (QED) is 0.383. The predicted octanol–water partition coefficient (Wildman–Crippen LogP) is 3.98. The second-order valence-corrected chi connectivity index (χ2v) is 9.81. The molecule has 3 heterocycles. The van der Waals surface area contributed by atoms with Crippen LogP contribution in [-0.4, -0.2) is 31.9 Å². The van der Waals surface area contributed by atoms with Gasteiger partial charge in [-0.05, 0) is 54.5 Å². The molecule has 0 atom stereocenters. The third-order valence-corrected chi connectivity index (χ3v) is 7.42. The number of H-pyrrole nitrogens is 1. The number of esters is 1. The number of ether oxygens (including phenoxy) is 1. The number of amides is 1. The Morgan fingerprint density at radius 1 is 1.18 bits per heavy atom. The minimum absolute atomic E-state index is 0.0423. The van der Waals surface area contributed by atoms with Gasteiger partial charge >= 0.3 is 5.97 Å². The number of halogens is 1. The fourth-order valence-corrected chi connectivity index (χ4v) is 5.65. The Labute approximate surface area is 194 Å². The molecule has 8 nitrogen and oxygen atoms in total. The van der Waals surface area contributed by atoms with Crippen LogP contribution in [0.5, 0.6) is 0 Å². The molecule has 10 heteroatoms. The summed E-state index contributed by atoms with van der Waals surface area (Å²) in [6, 6.07) is 9.42. The summed E-state index contributed by atoms with van der Waals surface area (Å²) >= 11 is 5.97. The summed E-state index contributed by atoms with van der Waals surface area (Å²) in [4.78, 5) is 27.8. The van der Waals surface area contributed by atoms with Crippen LogP contribution in [0, 0.1) is 6.92 Å². The van der Waals surface area contributed by atoms with E-state index in [1.54, 1.807) is 43.5 Å². The summed E-state index contributed by atoms with van der Waals surface area (Å²) in [5.74, 6) is -0.766. The Morgan fingerprint density at radius 3 is 2.79 bits per heavy atom. The number of hydrogen-bond donors (Lipinski definition) is 3. The van der Waals surface area contributed by atoms with E-state index in [1.165, 1.54) is 12.1 Å². The van der Waals surface area contributed by atoms with E-state index in [1.807, 2.05) is 0 Å². The van der Waals surface area contributed by atoms with E-state index < -0.39 is 16.0 Å². The van der Waals surface area contributed by atoms with Gasteiger partial charge in [0.1, 0.15) is 0 Å². The zero-order valence-corrected chi connectivity index (χ0v) is 18.9. The maximum absolute atomic E-state index is 13.1. The van der Waals surface area contributed by atoms with Gasteiger partial charge in [0.25, 0.3) is 15.9 Å². The van der Waals surface area contributed by atoms with E-state index in [-0.39, 0.29) is 17.4 Å². The van der Waals surface area contributed by atoms with Crippen LogP contribution in [0.15, 0.2) is 47.5 Å². The molecule has 1 aromatic heterocycles. The maximum Gasteiger partial charge on any atom is 0.339 e. The second kappa shape index (κ2) is 7.79. The number of aromatic nitrogens is 1. The first-order chi connectivity index (χ1) is 15.7. The number of fused-ring (bicyclic) bond motifs is 2. The Balaban J connectivity index is 1.58. The average molecular weight is 484 g/mol. The molecule has 2 aliphatic rings. The number of aromatic amines is 1. The zero-order valence-electron chi connectivity index (χ0n) is 17.4. The molecule has 0 fully saturated rings. The van der Waals surface area contributed by atoms with Crippen molar-refractivity contribution < 1.29 is 22.7 Å². The van der Waals surface area contributed by atoms with Gasteiger partial charge in [-0.1, -0.05) is 17.7 Å². The third-order valence-electron chi connectivity index (χ3n) is 5.66. The minimum atomic E-state index is -3.95. The summed E-state index contributed by atoms with van der Waals surface area (Å²) < 4.78 is 33.8. The van der Waals surface area contributed by atoms with Gasteiger partial charge in [-0.25, -0.2) is 13.2 Å². The number of benzene rings is 2. The van der Waals surface area contributed by atoms with Crippen molar-refractivity contribution in [1.82, 2.24) is 4.98 Å². The minimum Gasteiger partial charge on any atom is -0.462 e. The first-order valence-electron chi connectivity index (χ1n) is 10.1. The Hall–Kier alpha value is -3.56. The lowest BCUT2D eigenvalue weighted by Crippen LogP contribution is -2.16. The van der Waals surface area contributed by atoms with Crippen molar-refractivity contribution in [2.75, 3.05) is 16.6 Å². The van der Waals surface area contributed by atoms with E-state index in [2.05, 4.69) is 15.0 Å². The predicted molar refractivity (Wildman–Crippen MR) is 125 cm³/mol. The molecular weight excluding hydrogens is 466 g/mol. The fourth-order valence-electron chi connectivity index (χ4n) is 4.16. The van der Waals surface area contributed by atoms with Crippen molar-refractivity contribution in [2.24, 2.45) is 0 Å². The lowest BCUT2D eigenvalue weighted by molar-refractivity contribution is -0.110. The molecule has 3 aromatic rings. The number of carbonyl (C=O) groups excluding carboxylic acids is 2. The molecule has 5 rings (SSSR count). The molecule has 3 N–H and O–H groups in total. The fraction of sp³-hybridized carbons (Fsp3) is 0.130. The van der Waals surface area contributed by atoms with Gasteiger partial charge in [0.05, 0.1) is 28.3 Å². The highest BCUT2D eigenvalue weighted by atomic mass is 35.5. The molecular formula is C23H18ClN3O5S. The molecule has 33 heavy (non-hydrogen) atoms. The van der Waals surface area contributed by atoms with Crippen molar-refractivity contribution in [3.05, 3.63) is 75.6 Å². The van der Waals surface area contributed by atoms with Gasteiger partial charge in [0.2, 0.25) is 0 Å². The summed E-state index contributed by atoms with van der Waals surface area (Å²) in [7, 11) is -3.95. The van der Waals surface area contributed by atoms with Gasteiger partial charge in [0.15, 0.2) is 0 Å². The molecule has 0 saturated heterocycles. The monoisotopic (exact) mass is 483 g/mol. The van der Waals surface area contributed by atoms with Crippen LogP contribution in [0.2, 0.25) is 5.02 Å². The molecule has 0 radical (unpaired) electrons. The normalized spacial score (nSPS) is 16.2. The topological polar surface area (TPSA) is 117 Å². The number of cyclic esters (lactones) is 1. The summed E-state index contributed by atoms with van der Waals surface area (Å²) in [5, 5.41) is 3.18. The van der Waals surface area contributed by atoms with Crippen molar-refractivity contribution in [3.63, 3.8) is 0 Å². The molecule has 1 amide bonds. The summed E-state index contributed by atoms with van der Waals surface area (Å²) in [5.41, 5.74) is 3.90. The van der Waals surface area contributed by atoms with Crippen molar-refractivity contribution in [2.45, 2.75) is 18.2 Å². The van der Waals surface area contributed by atoms with Gasteiger partial charge in [-0.3, -0.25) is 9.52 Å². The standard InChI is InChI=1S/C23H18ClN3O5S/c1-12-20(33(30,31)27-14-4-2-3-13(24)9-14)6-5-18-21(12)16(22(28)26-18)10-19-15-7-8-32-23(29)17(15)11-25-19/h2-6,9-11,25,27H,7-8H2,1H3,(H,26,28)/b16-10-. The van der Waals surface area contributed by atoms with E-state index >= 15 is 0 Å². The number of nitrogens with one attached hydrogen (secondary N) is 3. The van der Waals surface area contributed by atoms with Crippen LogP contribution in [0.1, 0.15) is 32.7 Å². The van der Waals surface area contributed by atoms with Gasteiger partial charge < -0.3 is 15.0 Å². The molecule has 2 aliphatic heterocycles. The number of anilines is 2. The first-order valence-corrected chi connectivity index (χ1v) is 11.9. The highest BCUT2D eigenvalue weighted by molar-refractivity contribution is 7.92. The average Bonchev–Trinajstić information content (AvgIpc) is 3.30. The Morgan fingerprint density at radius 2 is 2.00 bits per heavy atom. The van der Waals surface area contributed by atoms with E-state index in [9.17, 15) is 18.0 Å². The number of rotatable bonds is 4. The van der Waals surface area contributed by atoms with Gasteiger partial charge in [-0.2, -0.15) is 0 Å². The third kappa shape index (κ3) is 3.69. The largest absolute Gasteiger partial charge is 0.462 e. The van der Waals surface area contributed by atoms with Crippen molar-refractivity contribution in [3.8, 4) is 0 Å². The number of carbonyl (C=O) groups is 2. The summed E-state index contributed by atoms with van der Waals surface area (Å²) in [6.07, 6.45) is 3.72. The molecule has 168 valence electrons. The van der Waals surface area contributed by atoms with Crippen LogP contribution in [-0.2, 0) is 26.0 Å². The Kier molecular flexibility index (Phi) is 5.02. The lowest BCUT2D eigenvalue weighted by Gasteiger charge is -2.14.